The van der Waals surface area contributed by atoms with Crippen molar-refractivity contribution in [2.45, 2.75) is 6.42 Å². The summed E-state index contributed by atoms with van der Waals surface area (Å²) >= 11 is 2.23. The van der Waals surface area contributed by atoms with Crippen LogP contribution in [0.5, 0.6) is 0 Å². The van der Waals surface area contributed by atoms with Crippen LogP contribution in [0.15, 0.2) is 54.6 Å². The molecule has 19 heavy (non-hydrogen) atoms. The standard InChI is InChI=1S/C16H12INO/c17-15-9-5-4-8-13(15)10-14(11-18)16(19)12-6-2-1-3-7-12/h1-9,14H,10H2. The van der Waals surface area contributed by atoms with Crippen LogP contribution in [0.2, 0.25) is 0 Å². The van der Waals surface area contributed by atoms with Gasteiger partial charge < -0.3 is 0 Å². The fourth-order valence-corrected chi connectivity index (χ4v) is 2.49. The molecule has 1 unspecified atom stereocenters. The summed E-state index contributed by atoms with van der Waals surface area (Å²) in [7, 11) is 0. The summed E-state index contributed by atoms with van der Waals surface area (Å²) in [5.41, 5.74) is 1.64. The van der Waals surface area contributed by atoms with E-state index in [9.17, 15) is 10.1 Å². The predicted octanol–water partition coefficient (Wildman–Crippen LogP) is 3.86. The monoisotopic (exact) mass is 361 g/mol. The molecule has 2 aromatic rings. The van der Waals surface area contributed by atoms with Gasteiger partial charge in [0.05, 0.1) is 6.07 Å². The van der Waals surface area contributed by atoms with Crippen molar-refractivity contribution in [3.8, 4) is 6.07 Å². The Labute approximate surface area is 126 Å². The lowest BCUT2D eigenvalue weighted by molar-refractivity contribution is 0.0948. The highest BCUT2D eigenvalue weighted by Crippen LogP contribution is 2.18. The smallest absolute Gasteiger partial charge is 0.180 e. The summed E-state index contributed by atoms with van der Waals surface area (Å²) in [6.07, 6.45) is 0.462. The molecule has 0 amide bonds. The molecule has 0 N–H and O–H groups in total. The van der Waals surface area contributed by atoms with Crippen molar-refractivity contribution < 1.29 is 4.79 Å². The Morgan fingerprint density at radius 2 is 1.74 bits per heavy atom. The largest absolute Gasteiger partial charge is 0.293 e. The predicted molar refractivity (Wildman–Crippen MR) is 82.7 cm³/mol. The molecule has 0 saturated carbocycles. The Hall–Kier alpha value is -1.67. The fraction of sp³-hybridized carbons (Fsp3) is 0.125. The van der Waals surface area contributed by atoms with Crippen LogP contribution in [0.4, 0.5) is 0 Å². The number of hydrogen-bond donors (Lipinski definition) is 0. The molecule has 0 aromatic heterocycles. The van der Waals surface area contributed by atoms with Crippen LogP contribution in [-0.4, -0.2) is 5.78 Å². The van der Waals surface area contributed by atoms with E-state index in [1.807, 2.05) is 42.5 Å². The first-order valence-electron chi connectivity index (χ1n) is 5.94. The third-order valence-corrected chi connectivity index (χ3v) is 3.96. The zero-order chi connectivity index (χ0) is 13.7. The second-order valence-corrected chi connectivity index (χ2v) is 5.37. The second kappa shape index (κ2) is 6.48. The van der Waals surface area contributed by atoms with E-state index >= 15 is 0 Å². The Kier molecular flexibility index (Phi) is 4.69. The Bertz CT molecular complexity index is 616. The third kappa shape index (κ3) is 3.42. The molecule has 3 heteroatoms. The van der Waals surface area contributed by atoms with Gasteiger partial charge in [0.25, 0.3) is 0 Å². The van der Waals surface area contributed by atoms with E-state index in [1.165, 1.54) is 0 Å². The van der Waals surface area contributed by atoms with Crippen LogP contribution >= 0.6 is 22.6 Å². The van der Waals surface area contributed by atoms with Crippen molar-refractivity contribution in [2.24, 2.45) is 5.92 Å². The van der Waals surface area contributed by atoms with E-state index in [2.05, 4.69) is 28.7 Å². The Balaban J connectivity index is 2.21. The first-order chi connectivity index (χ1) is 9.22. The summed E-state index contributed by atoms with van der Waals surface area (Å²) in [6.45, 7) is 0. The number of halogens is 1. The normalized spacial score (nSPS) is 11.6. The van der Waals surface area contributed by atoms with Crippen molar-refractivity contribution in [3.05, 3.63) is 69.3 Å². The number of rotatable bonds is 4. The minimum absolute atomic E-state index is 0.109. The summed E-state index contributed by atoms with van der Waals surface area (Å²) in [5.74, 6) is -0.735. The average Bonchev–Trinajstić information content (AvgIpc) is 2.47. The molecule has 0 bridgehead atoms. The molecular formula is C16H12INO. The van der Waals surface area contributed by atoms with Gasteiger partial charge in [0.15, 0.2) is 5.78 Å². The van der Waals surface area contributed by atoms with E-state index in [1.54, 1.807) is 12.1 Å². The number of ketones is 1. The lowest BCUT2D eigenvalue weighted by Gasteiger charge is -2.09. The number of Topliss-reactive ketones (excluding diaryl/α,β-unsaturated/α-hetero) is 1. The molecule has 2 rings (SSSR count). The quantitative estimate of drug-likeness (QED) is 0.613. The lowest BCUT2D eigenvalue weighted by Crippen LogP contribution is -2.16. The summed E-state index contributed by atoms with van der Waals surface area (Å²) in [5, 5.41) is 9.24. The van der Waals surface area contributed by atoms with Crippen molar-refractivity contribution in [2.75, 3.05) is 0 Å². The molecule has 0 spiro atoms. The lowest BCUT2D eigenvalue weighted by atomic mass is 9.92. The van der Waals surface area contributed by atoms with Gasteiger partial charge in [-0.1, -0.05) is 48.5 Å². The zero-order valence-corrected chi connectivity index (χ0v) is 12.4. The summed E-state index contributed by atoms with van der Waals surface area (Å²) in [6, 6.07) is 18.9. The second-order valence-electron chi connectivity index (χ2n) is 4.21. The van der Waals surface area contributed by atoms with Crippen molar-refractivity contribution >= 4 is 28.4 Å². The summed E-state index contributed by atoms with van der Waals surface area (Å²) < 4.78 is 1.08. The Morgan fingerprint density at radius 3 is 2.37 bits per heavy atom. The maximum absolute atomic E-state index is 12.3. The van der Waals surface area contributed by atoms with Crippen LogP contribution in [0, 0.1) is 20.8 Å². The van der Waals surface area contributed by atoms with Gasteiger partial charge in [-0.05, 0) is 40.6 Å². The van der Waals surface area contributed by atoms with Gasteiger partial charge in [0.2, 0.25) is 0 Å². The molecule has 2 nitrogen and oxygen atoms in total. The minimum atomic E-state index is -0.627. The van der Waals surface area contributed by atoms with Crippen molar-refractivity contribution in [1.29, 1.82) is 5.26 Å². The van der Waals surface area contributed by atoms with Crippen LogP contribution in [0.3, 0.4) is 0 Å². The Morgan fingerprint density at radius 1 is 1.11 bits per heavy atom. The number of carbonyl (C=O) groups is 1. The van der Waals surface area contributed by atoms with Gasteiger partial charge in [0.1, 0.15) is 5.92 Å². The molecule has 0 heterocycles. The fourth-order valence-electron chi connectivity index (χ4n) is 1.88. The topological polar surface area (TPSA) is 40.9 Å². The van der Waals surface area contributed by atoms with E-state index in [-0.39, 0.29) is 5.78 Å². The molecule has 0 saturated heterocycles. The number of hydrogen-bond acceptors (Lipinski definition) is 2. The maximum Gasteiger partial charge on any atom is 0.180 e. The average molecular weight is 361 g/mol. The van der Waals surface area contributed by atoms with Gasteiger partial charge in [-0.3, -0.25) is 4.79 Å². The van der Waals surface area contributed by atoms with Crippen LogP contribution in [0.25, 0.3) is 0 Å². The molecule has 0 aliphatic carbocycles. The molecule has 0 fully saturated rings. The molecule has 0 aliphatic rings. The molecule has 0 radical (unpaired) electrons. The highest BCUT2D eigenvalue weighted by molar-refractivity contribution is 14.1. The van der Waals surface area contributed by atoms with E-state index in [0.29, 0.717) is 12.0 Å². The van der Waals surface area contributed by atoms with Crippen LogP contribution in [0.1, 0.15) is 15.9 Å². The summed E-state index contributed by atoms with van der Waals surface area (Å²) in [4.78, 5) is 12.3. The van der Waals surface area contributed by atoms with Gasteiger partial charge >= 0.3 is 0 Å². The molecule has 0 aliphatic heterocycles. The number of nitrogens with zero attached hydrogens (tertiary/aromatic N) is 1. The van der Waals surface area contributed by atoms with Gasteiger partial charge in [-0.15, -0.1) is 0 Å². The van der Waals surface area contributed by atoms with Crippen molar-refractivity contribution in [3.63, 3.8) is 0 Å². The molecule has 2 aromatic carbocycles. The molecular weight excluding hydrogens is 349 g/mol. The molecule has 94 valence electrons. The van der Waals surface area contributed by atoms with E-state index < -0.39 is 5.92 Å². The first kappa shape index (κ1) is 13.8. The third-order valence-electron chi connectivity index (χ3n) is 2.91. The SMILES string of the molecule is N#CC(Cc1ccccc1I)C(=O)c1ccccc1. The zero-order valence-electron chi connectivity index (χ0n) is 10.2. The van der Waals surface area contributed by atoms with Gasteiger partial charge in [0, 0.05) is 9.13 Å². The van der Waals surface area contributed by atoms with Crippen molar-refractivity contribution in [1.82, 2.24) is 0 Å². The van der Waals surface area contributed by atoms with Crippen LogP contribution in [-0.2, 0) is 6.42 Å². The highest BCUT2D eigenvalue weighted by atomic mass is 127. The van der Waals surface area contributed by atoms with E-state index in [0.717, 1.165) is 9.13 Å². The number of carbonyl (C=O) groups excluding carboxylic acids is 1. The number of benzene rings is 2. The maximum atomic E-state index is 12.3. The van der Waals surface area contributed by atoms with E-state index in [4.69, 9.17) is 0 Å². The highest BCUT2D eigenvalue weighted by Gasteiger charge is 2.20. The van der Waals surface area contributed by atoms with Gasteiger partial charge in [-0.25, -0.2) is 0 Å². The van der Waals surface area contributed by atoms with Gasteiger partial charge in [-0.2, -0.15) is 5.26 Å². The molecule has 1 atom stereocenters. The number of nitriles is 1. The minimum Gasteiger partial charge on any atom is -0.293 e. The first-order valence-corrected chi connectivity index (χ1v) is 7.02. The van der Waals surface area contributed by atoms with Crippen LogP contribution < -0.4 is 0 Å².